The van der Waals surface area contributed by atoms with E-state index < -0.39 is 10.0 Å². The second kappa shape index (κ2) is 7.01. The highest BCUT2D eigenvalue weighted by Gasteiger charge is 2.13. The van der Waals surface area contributed by atoms with E-state index in [9.17, 15) is 13.5 Å². The van der Waals surface area contributed by atoms with Crippen molar-refractivity contribution >= 4 is 31.7 Å². The van der Waals surface area contributed by atoms with E-state index in [1.165, 1.54) is 25.3 Å². The molecule has 6 nitrogen and oxygen atoms in total. The second-order valence-corrected chi connectivity index (χ2v) is 7.21. The highest BCUT2D eigenvalue weighted by molar-refractivity contribution is 9.10. The number of aromatic hydroxyl groups is 1. The summed E-state index contributed by atoms with van der Waals surface area (Å²) < 4.78 is 30.1. The molecule has 2 aromatic carbocycles. The molecule has 23 heavy (non-hydrogen) atoms. The summed E-state index contributed by atoms with van der Waals surface area (Å²) in [6, 6.07) is 10.9. The first-order chi connectivity index (χ1) is 10.8. The first-order valence-electron chi connectivity index (χ1n) is 6.52. The van der Waals surface area contributed by atoms with Crippen LogP contribution in [0.3, 0.4) is 0 Å². The lowest BCUT2D eigenvalue weighted by molar-refractivity contribution is 0.373. The van der Waals surface area contributed by atoms with Crippen molar-refractivity contribution in [2.45, 2.75) is 11.8 Å². The molecule has 0 saturated carbocycles. The number of hydrogen-bond donors (Lipinski definition) is 2. The van der Waals surface area contributed by atoms with Gasteiger partial charge in [0.15, 0.2) is 11.5 Å². The molecule has 0 aliphatic heterocycles. The van der Waals surface area contributed by atoms with Gasteiger partial charge in [-0.3, -0.25) is 0 Å². The highest BCUT2D eigenvalue weighted by Crippen LogP contribution is 2.26. The Morgan fingerprint density at radius 3 is 2.48 bits per heavy atom. The Kier molecular flexibility index (Phi) is 5.27. The van der Waals surface area contributed by atoms with E-state index in [-0.39, 0.29) is 16.4 Å². The van der Waals surface area contributed by atoms with Crippen LogP contribution in [0.25, 0.3) is 0 Å². The number of rotatable bonds is 5. The number of benzene rings is 2. The van der Waals surface area contributed by atoms with Crippen LogP contribution >= 0.6 is 15.9 Å². The molecule has 0 fully saturated rings. The average molecular weight is 399 g/mol. The van der Waals surface area contributed by atoms with Gasteiger partial charge in [0.1, 0.15) is 0 Å². The minimum Gasteiger partial charge on any atom is -0.504 e. The van der Waals surface area contributed by atoms with Crippen molar-refractivity contribution in [2.75, 3.05) is 7.11 Å². The summed E-state index contributed by atoms with van der Waals surface area (Å²) >= 11 is 3.25. The Morgan fingerprint density at radius 2 is 1.87 bits per heavy atom. The molecule has 0 aliphatic carbocycles. The molecule has 0 amide bonds. The van der Waals surface area contributed by atoms with Crippen LogP contribution in [-0.4, -0.2) is 26.3 Å². The van der Waals surface area contributed by atoms with Crippen molar-refractivity contribution in [3.8, 4) is 11.5 Å². The zero-order valence-corrected chi connectivity index (χ0v) is 14.8. The number of phenols is 1. The molecule has 0 heterocycles. The third-order valence-electron chi connectivity index (χ3n) is 3.05. The average Bonchev–Trinajstić information content (AvgIpc) is 2.53. The molecule has 0 aromatic heterocycles. The van der Waals surface area contributed by atoms with Gasteiger partial charge in [-0.1, -0.05) is 15.9 Å². The smallest absolute Gasteiger partial charge is 0.276 e. The standard InChI is InChI=1S/C15H15BrN2O4S/c1-10(11-3-8-14(19)15(9-11)22-2)17-18-23(20,21)13-6-4-12(16)5-7-13/h3-9,18-19H,1-2H3/b17-10+. The maximum Gasteiger partial charge on any atom is 0.276 e. The molecule has 2 rings (SSSR count). The molecular formula is C15H15BrN2O4S. The van der Waals surface area contributed by atoms with Gasteiger partial charge in [0, 0.05) is 10.0 Å². The summed E-state index contributed by atoms with van der Waals surface area (Å²) in [4.78, 5) is 2.30. The van der Waals surface area contributed by atoms with Crippen LogP contribution in [0.5, 0.6) is 11.5 Å². The van der Waals surface area contributed by atoms with Gasteiger partial charge in [-0.25, -0.2) is 0 Å². The van der Waals surface area contributed by atoms with Crippen molar-refractivity contribution in [2.24, 2.45) is 5.10 Å². The van der Waals surface area contributed by atoms with E-state index >= 15 is 0 Å². The Labute approximate surface area is 143 Å². The largest absolute Gasteiger partial charge is 0.504 e. The molecule has 0 unspecified atom stereocenters. The predicted molar refractivity (Wildman–Crippen MR) is 91.3 cm³/mol. The fourth-order valence-electron chi connectivity index (χ4n) is 1.76. The molecule has 0 radical (unpaired) electrons. The van der Waals surface area contributed by atoms with Gasteiger partial charge < -0.3 is 9.84 Å². The van der Waals surface area contributed by atoms with Gasteiger partial charge in [-0.2, -0.15) is 18.4 Å². The van der Waals surface area contributed by atoms with Gasteiger partial charge in [-0.05, 0) is 49.4 Å². The maximum absolute atomic E-state index is 12.2. The summed E-state index contributed by atoms with van der Waals surface area (Å²) in [5.41, 5.74) is 1.06. The summed E-state index contributed by atoms with van der Waals surface area (Å²) in [6.07, 6.45) is 0. The number of methoxy groups -OCH3 is 1. The van der Waals surface area contributed by atoms with E-state index in [4.69, 9.17) is 4.74 Å². The third-order valence-corrected chi connectivity index (χ3v) is 4.81. The minimum absolute atomic E-state index is 0.000469. The van der Waals surface area contributed by atoms with E-state index in [1.54, 1.807) is 31.2 Å². The normalized spacial score (nSPS) is 12.0. The van der Waals surface area contributed by atoms with Crippen LogP contribution in [0.4, 0.5) is 0 Å². The third kappa shape index (κ3) is 4.23. The lowest BCUT2D eigenvalue weighted by atomic mass is 10.1. The molecule has 0 saturated heterocycles. The van der Waals surface area contributed by atoms with Crippen molar-refractivity contribution in [3.05, 3.63) is 52.5 Å². The monoisotopic (exact) mass is 398 g/mol. The fraction of sp³-hybridized carbons (Fsp3) is 0.133. The van der Waals surface area contributed by atoms with Crippen molar-refractivity contribution in [1.29, 1.82) is 0 Å². The van der Waals surface area contributed by atoms with Crippen LogP contribution in [0.2, 0.25) is 0 Å². The first-order valence-corrected chi connectivity index (χ1v) is 8.80. The Hall–Kier alpha value is -2.06. The van der Waals surface area contributed by atoms with E-state index in [0.29, 0.717) is 11.3 Å². The van der Waals surface area contributed by atoms with Gasteiger partial charge in [-0.15, -0.1) is 0 Å². The van der Waals surface area contributed by atoms with Crippen LogP contribution < -0.4 is 9.57 Å². The molecule has 0 spiro atoms. The molecule has 0 aliphatic rings. The van der Waals surface area contributed by atoms with Gasteiger partial charge in [0.05, 0.1) is 17.7 Å². The Balaban J connectivity index is 2.23. The predicted octanol–water partition coefficient (Wildman–Crippen LogP) is 2.87. The van der Waals surface area contributed by atoms with Gasteiger partial charge in [0.2, 0.25) is 0 Å². The SMILES string of the molecule is COc1cc(/C(C)=N/NS(=O)(=O)c2ccc(Br)cc2)ccc1O. The number of ether oxygens (including phenoxy) is 1. The molecule has 2 aromatic rings. The summed E-state index contributed by atoms with van der Waals surface area (Å²) in [6.45, 7) is 1.65. The Bertz CT molecular complexity index is 833. The van der Waals surface area contributed by atoms with Crippen molar-refractivity contribution in [3.63, 3.8) is 0 Å². The number of phenolic OH excluding ortho intramolecular Hbond substituents is 1. The number of nitrogens with one attached hydrogen (secondary N) is 1. The molecule has 2 N–H and O–H groups in total. The number of nitrogens with zero attached hydrogens (tertiary/aromatic N) is 1. The number of hydrazone groups is 1. The number of sulfonamides is 1. The summed E-state index contributed by atoms with van der Waals surface area (Å²) in [7, 11) is -2.31. The molecule has 122 valence electrons. The van der Waals surface area contributed by atoms with Crippen molar-refractivity contribution < 1.29 is 18.3 Å². The quantitative estimate of drug-likeness (QED) is 0.598. The zero-order valence-electron chi connectivity index (χ0n) is 12.4. The van der Waals surface area contributed by atoms with Crippen LogP contribution in [0, 0.1) is 0 Å². The maximum atomic E-state index is 12.2. The molecular weight excluding hydrogens is 384 g/mol. The van der Waals surface area contributed by atoms with E-state index in [1.807, 2.05) is 0 Å². The van der Waals surface area contributed by atoms with E-state index in [2.05, 4.69) is 25.9 Å². The van der Waals surface area contributed by atoms with Crippen LogP contribution in [0.15, 0.2) is 56.9 Å². The molecule has 8 heteroatoms. The second-order valence-electron chi connectivity index (χ2n) is 4.63. The van der Waals surface area contributed by atoms with E-state index in [0.717, 1.165) is 4.47 Å². The lowest BCUT2D eigenvalue weighted by Crippen LogP contribution is -2.19. The zero-order chi connectivity index (χ0) is 17.0. The topological polar surface area (TPSA) is 88.0 Å². The lowest BCUT2D eigenvalue weighted by Gasteiger charge is -2.08. The first kappa shape index (κ1) is 17.3. The number of hydrogen-bond acceptors (Lipinski definition) is 5. The van der Waals surface area contributed by atoms with Gasteiger partial charge in [0.25, 0.3) is 10.0 Å². The highest BCUT2D eigenvalue weighted by atomic mass is 79.9. The molecule has 0 bridgehead atoms. The van der Waals surface area contributed by atoms with Gasteiger partial charge >= 0.3 is 0 Å². The molecule has 0 atom stereocenters. The summed E-state index contributed by atoms with van der Waals surface area (Å²) in [5.74, 6) is 0.285. The van der Waals surface area contributed by atoms with Crippen molar-refractivity contribution in [1.82, 2.24) is 4.83 Å². The number of halogens is 1. The van der Waals surface area contributed by atoms with Crippen LogP contribution in [-0.2, 0) is 10.0 Å². The minimum atomic E-state index is -3.74. The summed E-state index contributed by atoms with van der Waals surface area (Å²) in [5, 5.41) is 13.5. The Morgan fingerprint density at radius 1 is 1.22 bits per heavy atom. The fourth-order valence-corrected chi connectivity index (χ4v) is 2.88. The van der Waals surface area contributed by atoms with Crippen LogP contribution in [0.1, 0.15) is 12.5 Å².